The largest absolute Gasteiger partial charge is 0.487 e. The average molecular weight is 589 g/mol. The van der Waals surface area contributed by atoms with Gasteiger partial charge in [0.2, 0.25) is 5.90 Å². The van der Waals surface area contributed by atoms with E-state index in [1.807, 2.05) is 84.9 Å². The highest BCUT2D eigenvalue weighted by Gasteiger charge is 2.24. The molecule has 4 nitrogen and oxygen atoms in total. The number of carbonyl (C=O) groups excluding carboxylic acids is 1. The summed E-state index contributed by atoms with van der Waals surface area (Å²) in [6.45, 7) is 0.446. The third kappa shape index (κ3) is 5.45. The van der Waals surface area contributed by atoms with Crippen LogP contribution in [0.4, 0.5) is 0 Å². The van der Waals surface area contributed by atoms with Gasteiger partial charge in [0.1, 0.15) is 12.4 Å². The van der Waals surface area contributed by atoms with Gasteiger partial charge in [-0.3, -0.25) is 0 Å². The Morgan fingerprint density at radius 1 is 0.771 bits per heavy atom. The fraction of sp³-hybridized carbons (Fsp3) is 0.0345. The summed E-state index contributed by atoms with van der Waals surface area (Å²) < 4.78 is 13.0. The fourth-order valence-electron chi connectivity index (χ4n) is 3.66. The minimum atomic E-state index is -0.483. The smallest absolute Gasteiger partial charge is 0.363 e. The molecule has 172 valence electrons. The van der Waals surface area contributed by atoms with Crippen LogP contribution >= 0.6 is 31.9 Å². The summed E-state index contributed by atoms with van der Waals surface area (Å²) in [6, 6.07) is 31.6. The summed E-state index contributed by atoms with van der Waals surface area (Å²) in [5, 5.41) is 0. The molecule has 1 heterocycles. The molecular weight excluding hydrogens is 570 g/mol. The first-order valence-electron chi connectivity index (χ1n) is 10.9. The van der Waals surface area contributed by atoms with Gasteiger partial charge in [0.05, 0.1) is 8.95 Å². The van der Waals surface area contributed by atoms with Gasteiger partial charge in [-0.05, 0) is 84.5 Å². The Kier molecular flexibility index (Phi) is 6.93. The van der Waals surface area contributed by atoms with Crippen molar-refractivity contribution in [2.24, 2.45) is 4.99 Å². The van der Waals surface area contributed by atoms with Crippen molar-refractivity contribution < 1.29 is 14.3 Å². The van der Waals surface area contributed by atoms with E-state index in [0.29, 0.717) is 18.3 Å². The fourth-order valence-corrected chi connectivity index (χ4v) is 5.11. The number of hydrogen-bond acceptors (Lipinski definition) is 4. The van der Waals surface area contributed by atoms with Gasteiger partial charge in [0.15, 0.2) is 5.70 Å². The first kappa shape index (κ1) is 23.3. The molecule has 0 unspecified atom stereocenters. The molecule has 5 rings (SSSR count). The van der Waals surface area contributed by atoms with Crippen LogP contribution in [0.15, 0.2) is 117 Å². The Morgan fingerprint density at radius 2 is 1.34 bits per heavy atom. The van der Waals surface area contributed by atoms with Crippen LogP contribution in [-0.2, 0) is 16.1 Å². The lowest BCUT2D eigenvalue weighted by molar-refractivity contribution is -0.129. The van der Waals surface area contributed by atoms with Crippen molar-refractivity contribution in [2.45, 2.75) is 6.61 Å². The van der Waals surface area contributed by atoms with E-state index in [-0.39, 0.29) is 5.70 Å². The lowest BCUT2D eigenvalue weighted by Gasteiger charge is -2.11. The number of rotatable bonds is 6. The second-order valence-electron chi connectivity index (χ2n) is 7.87. The molecule has 35 heavy (non-hydrogen) atoms. The van der Waals surface area contributed by atoms with Gasteiger partial charge in [-0.2, -0.15) is 0 Å². The van der Waals surface area contributed by atoms with E-state index in [2.05, 4.69) is 49.0 Å². The maximum absolute atomic E-state index is 12.5. The molecule has 0 saturated carbocycles. The van der Waals surface area contributed by atoms with Crippen molar-refractivity contribution in [3.8, 4) is 16.9 Å². The van der Waals surface area contributed by atoms with Gasteiger partial charge in [-0.1, -0.05) is 72.8 Å². The first-order valence-corrected chi connectivity index (χ1v) is 12.5. The normalized spacial score (nSPS) is 14.1. The van der Waals surface area contributed by atoms with Crippen molar-refractivity contribution >= 4 is 49.8 Å². The number of aliphatic imine (C=N–C) groups is 1. The molecule has 1 aliphatic rings. The third-order valence-electron chi connectivity index (χ3n) is 5.41. The summed E-state index contributed by atoms with van der Waals surface area (Å²) >= 11 is 7.15. The van der Waals surface area contributed by atoms with Crippen LogP contribution in [0.25, 0.3) is 17.2 Å². The number of halogens is 2. The Balaban J connectivity index is 1.34. The molecular formula is C29H19Br2NO3. The molecule has 4 aromatic rings. The van der Waals surface area contributed by atoms with Crippen molar-refractivity contribution in [3.05, 3.63) is 128 Å². The summed E-state index contributed by atoms with van der Waals surface area (Å²) in [7, 11) is 0. The second kappa shape index (κ2) is 10.4. The number of nitrogens with zero attached hydrogens (tertiary/aromatic N) is 1. The van der Waals surface area contributed by atoms with Gasteiger partial charge in [-0.15, -0.1) is 0 Å². The zero-order chi connectivity index (χ0) is 24.2. The molecule has 4 aromatic carbocycles. The topological polar surface area (TPSA) is 47.9 Å². The number of ether oxygens (including phenoxy) is 2. The highest BCUT2D eigenvalue weighted by atomic mass is 79.9. The first-order chi connectivity index (χ1) is 17.1. The van der Waals surface area contributed by atoms with Gasteiger partial charge in [0.25, 0.3) is 0 Å². The average Bonchev–Trinajstić information content (AvgIpc) is 3.24. The zero-order valence-electron chi connectivity index (χ0n) is 18.4. The van der Waals surface area contributed by atoms with Crippen LogP contribution in [-0.4, -0.2) is 11.9 Å². The van der Waals surface area contributed by atoms with Crippen molar-refractivity contribution in [3.63, 3.8) is 0 Å². The van der Waals surface area contributed by atoms with Gasteiger partial charge < -0.3 is 9.47 Å². The van der Waals surface area contributed by atoms with Crippen LogP contribution in [0.3, 0.4) is 0 Å². The molecule has 0 amide bonds. The summed E-state index contributed by atoms with van der Waals surface area (Å²) in [4.78, 5) is 16.9. The number of hydrogen-bond donors (Lipinski definition) is 0. The minimum Gasteiger partial charge on any atom is -0.487 e. The van der Waals surface area contributed by atoms with Crippen LogP contribution in [0, 0.1) is 0 Å². The third-order valence-corrected chi connectivity index (χ3v) is 6.59. The predicted octanol–water partition coefficient (Wildman–Crippen LogP) is 7.80. The van der Waals surface area contributed by atoms with Gasteiger partial charge >= 0.3 is 5.97 Å². The van der Waals surface area contributed by atoms with Crippen molar-refractivity contribution in [2.75, 3.05) is 0 Å². The molecule has 0 fully saturated rings. The number of benzene rings is 4. The van der Waals surface area contributed by atoms with Crippen molar-refractivity contribution in [1.82, 2.24) is 0 Å². The summed E-state index contributed by atoms with van der Waals surface area (Å²) in [5.41, 5.74) is 5.05. The van der Waals surface area contributed by atoms with Crippen LogP contribution in [0.2, 0.25) is 0 Å². The van der Waals surface area contributed by atoms with E-state index < -0.39 is 5.97 Å². The SMILES string of the molecule is O=C1OC(c2ccc(-c3ccccc3)cc2)=N/C1=C\c1cc(Br)c(OCc2ccccc2)c(Br)c1. The quantitative estimate of drug-likeness (QED) is 0.170. The van der Waals surface area contributed by atoms with Crippen LogP contribution < -0.4 is 4.74 Å². The van der Waals surface area contributed by atoms with E-state index in [0.717, 1.165) is 36.8 Å². The van der Waals surface area contributed by atoms with E-state index in [4.69, 9.17) is 9.47 Å². The van der Waals surface area contributed by atoms with E-state index >= 15 is 0 Å². The molecule has 0 saturated heterocycles. The Hall–Kier alpha value is -3.48. The zero-order valence-corrected chi connectivity index (χ0v) is 21.6. The highest BCUT2D eigenvalue weighted by molar-refractivity contribution is 9.11. The Morgan fingerprint density at radius 3 is 2.00 bits per heavy atom. The Bertz CT molecular complexity index is 1410. The van der Waals surface area contributed by atoms with Crippen molar-refractivity contribution in [1.29, 1.82) is 0 Å². The number of cyclic esters (lactones) is 1. The molecule has 0 spiro atoms. The molecule has 0 N–H and O–H groups in total. The maximum Gasteiger partial charge on any atom is 0.363 e. The lowest BCUT2D eigenvalue weighted by Crippen LogP contribution is -2.05. The van der Waals surface area contributed by atoms with E-state index in [9.17, 15) is 4.79 Å². The van der Waals surface area contributed by atoms with Crippen LogP contribution in [0.5, 0.6) is 5.75 Å². The molecule has 1 aliphatic heterocycles. The number of esters is 1. The predicted molar refractivity (Wildman–Crippen MR) is 145 cm³/mol. The summed E-state index contributed by atoms with van der Waals surface area (Å²) in [6.07, 6.45) is 1.70. The molecule has 0 bridgehead atoms. The van der Waals surface area contributed by atoms with E-state index in [1.165, 1.54) is 0 Å². The molecule has 0 aromatic heterocycles. The monoisotopic (exact) mass is 587 g/mol. The summed E-state index contributed by atoms with van der Waals surface area (Å²) in [5.74, 6) is 0.498. The molecule has 0 atom stereocenters. The molecule has 0 aliphatic carbocycles. The highest BCUT2D eigenvalue weighted by Crippen LogP contribution is 2.36. The molecule has 6 heteroatoms. The maximum atomic E-state index is 12.5. The second-order valence-corrected chi connectivity index (χ2v) is 9.58. The molecule has 0 radical (unpaired) electrons. The lowest BCUT2D eigenvalue weighted by atomic mass is 10.0. The minimum absolute atomic E-state index is 0.240. The van der Waals surface area contributed by atoms with Gasteiger partial charge in [0, 0.05) is 5.56 Å². The standard InChI is InChI=1S/C29H19Br2NO3/c30-24-15-20(16-25(31)27(24)34-18-19-7-3-1-4-8-19)17-26-29(33)35-28(32-26)23-13-11-22(12-14-23)21-9-5-2-6-10-21/h1-17H,18H2/b26-17-. The number of carbonyl (C=O) groups is 1. The van der Waals surface area contributed by atoms with Gasteiger partial charge in [-0.25, -0.2) is 9.79 Å². The van der Waals surface area contributed by atoms with Crippen LogP contribution in [0.1, 0.15) is 16.7 Å². The van der Waals surface area contributed by atoms with E-state index in [1.54, 1.807) is 6.08 Å². The Labute approximate surface area is 220 Å².